The number of benzene rings is 2. The number of methoxy groups -OCH3 is 1. The normalized spacial score (nSPS) is 30.8. The smallest absolute Gasteiger partial charge is 0.265 e. The van der Waals surface area contributed by atoms with E-state index in [0.717, 1.165) is 22.1 Å². The molecule has 2 aliphatic rings. The molecule has 2 saturated heterocycles. The fourth-order valence-electron chi connectivity index (χ4n) is 4.94. The number of rotatable bonds is 2. The second kappa shape index (κ2) is 4.97. The van der Waals surface area contributed by atoms with E-state index >= 15 is 0 Å². The minimum absolute atomic E-state index is 0.193. The molecule has 2 fully saturated rings. The first kappa shape index (κ1) is 16.8. The Kier molecular flexibility index (Phi) is 3.34. The lowest BCUT2D eigenvalue weighted by molar-refractivity contribution is -0.626. The minimum Gasteiger partial charge on any atom is -0.496 e. The van der Waals surface area contributed by atoms with Crippen LogP contribution in [-0.2, 0) is 20.3 Å². The van der Waals surface area contributed by atoms with Crippen LogP contribution in [0.4, 0.5) is 0 Å². The molecule has 0 aromatic heterocycles. The summed E-state index contributed by atoms with van der Waals surface area (Å²) in [4.78, 5) is 11.7. The number of fused-ring (bicyclic) bond motifs is 2. The Morgan fingerprint density at radius 3 is 2.32 bits per heavy atom. The van der Waals surface area contributed by atoms with E-state index in [-0.39, 0.29) is 10.8 Å². The minimum atomic E-state index is -0.968. The van der Waals surface area contributed by atoms with E-state index in [4.69, 9.17) is 19.2 Å². The van der Waals surface area contributed by atoms with Gasteiger partial charge in [-0.2, -0.15) is 4.89 Å². The summed E-state index contributed by atoms with van der Waals surface area (Å²) >= 11 is 0. The Bertz CT molecular complexity index is 835. The molecule has 0 saturated carbocycles. The van der Waals surface area contributed by atoms with Gasteiger partial charge in [-0.3, -0.25) is 0 Å². The van der Waals surface area contributed by atoms with Crippen molar-refractivity contribution in [1.29, 1.82) is 0 Å². The summed E-state index contributed by atoms with van der Waals surface area (Å²) in [6.07, 6.45) is 0. The molecule has 2 heterocycles. The van der Waals surface area contributed by atoms with Crippen LogP contribution in [0.3, 0.4) is 0 Å². The van der Waals surface area contributed by atoms with Crippen LogP contribution in [0.15, 0.2) is 36.4 Å². The average Bonchev–Trinajstić information content (AvgIpc) is 2.68. The fraction of sp³-hybridized carbons (Fsp3) is 0.524. The van der Waals surface area contributed by atoms with E-state index in [2.05, 4.69) is 52.8 Å². The molecule has 0 amide bonds. The van der Waals surface area contributed by atoms with Gasteiger partial charge in [0.15, 0.2) is 5.60 Å². The lowest BCUT2D eigenvalue weighted by atomic mass is 9.57. The molecule has 134 valence electrons. The first-order valence-corrected chi connectivity index (χ1v) is 8.77. The van der Waals surface area contributed by atoms with E-state index in [9.17, 15) is 0 Å². The van der Waals surface area contributed by atoms with Crippen LogP contribution < -0.4 is 4.74 Å². The Hall–Kier alpha value is -1.62. The van der Waals surface area contributed by atoms with Gasteiger partial charge >= 0.3 is 0 Å². The van der Waals surface area contributed by atoms with Gasteiger partial charge in [0.25, 0.3) is 5.79 Å². The summed E-state index contributed by atoms with van der Waals surface area (Å²) in [5, 5.41) is 2.17. The highest BCUT2D eigenvalue weighted by Gasteiger charge is 2.81. The van der Waals surface area contributed by atoms with Crippen molar-refractivity contribution >= 4 is 10.8 Å². The van der Waals surface area contributed by atoms with E-state index in [1.54, 1.807) is 7.11 Å². The SMILES string of the molecule is COc1c(C23OCC(C)(C)C2(C(C)(C)C)OO3)ccc2ccccc12. The maximum absolute atomic E-state index is 6.33. The summed E-state index contributed by atoms with van der Waals surface area (Å²) in [6, 6.07) is 12.3. The zero-order valence-corrected chi connectivity index (χ0v) is 15.8. The molecule has 4 nitrogen and oxygen atoms in total. The van der Waals surface area contributed by atoms with Gasteiger partial charge in [-0.25, -0.2) is 4.89 Å². The molecular weight excluding hydrogens is 316 g/mol. The van der Waals surface area contributed by atoms with Gasteiger partial charge in [0.1, 0.15) is 5.75 Å². The number of hydrogen-bond acceptors (Lipinski definition) is 4. The molecule has 2 aromatic carbocycles. The van der Waals surface area contributed by atoms with Crippen molar-refractivity contribution in [1.82, 2.24) is 0 Å². The van der Waals surface area contributed by atoms with E-state index in [1.165, 1.54) is 0 Å². The van der Waals surface area contributed by atoms with Gasteiger partial charge in [0.05, 0.1) is 19.3 Å². The molecule has 2 unspecified atom stereocenters. The van der Waals surface area contributed by atoms with Crippen LogP contribution in [-0.4, -0.2) is 19.3 Å². The van der Waals surface area contributed by atoms with Gasteiger partial charge in [-0.1, -0.05) is 65.0 Å². The quantitative estimate of drug-likeness (QED) is 0.734. The molecule has 2 atom stereocenters. The summed E-state index contributed by atoms with van der Waals surface area (Å²) in [5.41, 5.74) is -0.120. The topological polar surface area (TPSA) is 36.9 Å². The van der Waals surface area contributed by atoms with Crippen LogP contribution in [0.1, 0.15) is 40.2 Å². The molecule has 0 radical (unpaired) electrons. The molecular formula is C21H26O4. The standard InChI is InChI=1S/C21H26O4/c1-18(2,3)21-19(4,5)13-23-20(21,24-25-21)16-12-11-14-9-7-8-10-15(14)17(16)22-6/h7-12H,13H2,1-6H3. The van der Waals surface area contributed by atoms with Gasteiger partial charge in [0.2, 0.25) is 0 Å². The van der Waals surface area contributed by atoms with Crippen molar-refractivity contribution in [2.24, 2.45) is 10.8 Å². The molecule has 25 heavy (non-hydrogen) atoms. The van der Waals surface area contributed by atoms with E-state index in [0.29, 0.717) is 6.61 Å². The highest BCUT2D eigenvalue weighted by molar-refractivity contribution is 5.90. The van der Waals surface area contributed by atoms with Crippen LogP contribution >= 0.6 is 0 Å². The molecule has 2 aliphatic heterocycles. The Labute approximate surface area is 148 Å². The summed E-state index contributed by atoms with van der Waals surface area (Å²) in [6.45, 7) is 11.4. The number of ether oxygens (including phenoxy) is 2. The summed E-state index contributed by atoms with van der Waals surface area (Å²) in [7, 11) is 1.69. The fourth-order valence-corrected chi connectivity index (χ4v) is 4.94. The lowest BCUT2D eigenvalue weighted by Crippen LogP contribution is -2.73. The van der Waals surface area contributed by atoms with E-state index < -0.39 is 11.4 Å². The van der Waals surface area contributed by atoms with Crippen molar-refractivity contribution in [2.45, 2.75) is 46.0 Å². The van der Waals surface area contributed by atoms with Crippen LogP contribution in [0.25, 0.3) is 10.8 Å². The molecule has 0 spiro atoms. The second-order valence-corrected chi connectivity index (χ2v) is 8.75. The second-order valence-electron chi connectivity index (χ2n) is 8.75. The molecule has 0 N–H and O–H groups in total. The maximum atomic E-state index is 6.33. The predicted molar refractivity (Wildman–Crippen MR) is 96.3 cm³/mol. The molecule has 2 aromatic rings. The van der Waals surface area contributed by atoms with Gasteiger partial charge < -0.3 is 9.47 Å². The highest BCUT2D eigenvalue weighted by Crippen LogP contribution is 2.70. The lowest BCUT2D eigenvalue weighted by Gasteiger charge is -2.61. The van der Waals surface area contributed by atoms with Gasteiger partial charge in [-0.15, -0.1) is 0 Å². The molecule has 0 aliphatic carbocycles. The zero-order chi connectivity index (χ0) is 18.1. The third-order valence-corrected chi connectivity index (χ3v) is 5.83. The van der Waals surface area contributed by atoms with Crippen molar-refractivity contribution in [3.05, 3.63) is 42.0 Å². The van der Waals surface area contributed by atoms with Gasteiger partial charge in [-0.05, 0) is 11.5 Å². The number of hydrogen-bond donors (Lipinski definition) is 0. The Morgan fingerprint density at radius 2 is 1.72 bits per heavy atom. The van der Waals surface area contributed by atoms with E-state index in [1.807, 2.05) is 18.2 Å². The van der Waals surface area contributed by atoms with Crippen LogP contribution in [0.5, 0.6) is 5.75 Å². The molecule has 4 heteroatoms. The third-order valence-electron chi connectivity index (χ3n) is 5.83. The van der Waals surface area contributed by atoms with Crippen molar-refractivity contribution in [2.75, 3.05) is 13.7 Å². The average molecular weight is 342 g/mol. The predicted octanol–water partition coefficient (Wildman–Crippen LogP) is 4.80. The van der Waals surface area contributed by atoms with Crippen molar-refractivity contribution in [3.8, 4) is 5.75 Å². The first-order chi connectivity index (χ1) is 11.7. The van der Waals surface area contributed by atoms with Crippen molar-refractivity contribution in [3.63, 3.8) is 0 Å². The van der Waals surface area contributed by atoms with Crippen LogP contribution in [0, 0.1) is 10.8 Å². The largest absolute Gasteiger partial charge is 0.496 e. The highest BCUT2D eigenvalue weighted by atomic mass is 17.3. The van der Waals surface area contributed by atoms with Gasteiger partial charge in [0, 0.05) is 16.2 Å². The van der Waals surface area contributed by atoms with Crippen molar-refractivity contribution < 1.29 is 19.2 Å². The maximum Gasteiger partial charge on any atom is 0.265 e. The summed E-state index contributed by atoms with van der Waals surface area (Å²) in [5.74, 6) is -0.183. The Balaban J connectivity index is 2.00. The molecule has 4 rings (SSSR count). The molecule has 0 bridgehead atoms. The van der Waals surface area contributed by atoms with Crippen LogP contribution in [0.2, 0.25) is 0 Å². The Morgan fingerprint density at radius 1 is 1.00 bits per heavy atom. The third kappa shape index (κ3) is 1.82. The zero-order valence-electron chi connectivity index (χ0n) is 15.8. The summed E-state index contributed by atoms with van der Waals surface area (Å²) < 4.78 is 12.2. The monoisotopic (exact) mass is 342 g/mol. The first-order valence-electron chi connectivity index (χ1n) is 8.77.